The van der Waals surface area contributed by atoms with Crippen molar-refractivity contribution in [2.45, 2.75) is 46.2 Å². The predicted octanol–water partition coefficient (Wildman–Crippen LogP) is 3.31. The summed E-state index contributed by atoms with van der Waals surface area (Å²) < 4.78 is 10.9. The quantitative estimate of drug-likeness (QED) is 0.615. The van der Waals surface area contributed by atoms with Crippen LogP contribution in [0.3, 0.4) is 0 Å². The zero-order valence-corrected chi connectivity index (χ0v) is 19.2. The molecule has 1 aliphatic heterocycles. The molecule has 0 bridgehead atoms. The molecule has 1 unspecified atom stereocenters. The van der Waals surface area contributed by atoms with Crippen LogP contribution in [0.25, 0.3) is 0 Å². The Kier molecular flexibility index (Phi) is 6.39. The van der Waals surface area contributed by atoms with Crippen LogP contribution in [0.4, 0.5) is 0 Å². The van der Waals surface area contributed by atoms with Gasteiger partial charge in [-0.25, -0.2) is 15.0 Å². The van der Waals surface area contributed by atoms with Gasteiger partial charge in [0.2, 0.25) is 5.76 Å². The number of nitrogens with zero attached hydrogens (tertiary/aromatic N) is 4. The van der Waals surface area contributed by atoms with E-state index in [0.29, 0.717) is 47.5 Å². The fourth-order valence-electron chi connectivity index (χ4n) is 4.13. The molecule has 3 aromatic rings. The first-order valence-corrected chi connectivity index (χ1v) is 10.9. The van der Waals surface area contributed by atoms with Gasteiger partial charge in [-0.05, 0) is 32.8 Å². The van der Waals surface area contributed by atoms with Crippen molar-refractivity contribution < 1.29 is 18.7 Å². The van der Waals surface area contributed by atoms with Gasteiger partial charge in [-0.15, -0.1) is 0 Å². The average Bonchev–Trinajstić information content (AvgIpc) is 3.43. The summed E-state index contributed by atoms with van der Waals surface area (Å²) in [5, 5.41) is 2.89. The Labute approximate surface area is 192 Å². The lowest BCUT2D eigenvalue weighted by molar-refractivity contribution is 0.0694. The number of hydrogen-bond acceptors (Lipinski definition) is 7. The highest BCUT2D eigenvalue weighted by molar-refractivity contribution is 5.95. The Morgan fingerprint density at radius 2 is 1.97 bits per heavy atom. The monoisotopic (exact) mass is 449 g/mol. The minimum absolute atomic E-state index is 0.213. The lowest BCUT2D eigenvalue weighted by Gasteiger charge is -2.23. The van der Waals surface area contributed by atoms with Crippen molar-refractivity contribution in [3.63, 3.8) is 0 Å². The van der Waals surface area contributed by atoms with E-state index in [0.717, 1.165) is 18.4 Å². The van der Waals surface area contributed by atoms with Gasteiger partial charge >= 0.3 is 0 Å². The Morgan fingerprint density at radius 3 is 2.67 bits per heavy atom. The molecule has 2 aromatic heterocycles. The van der Waals surface area contributed by atoms with Crippen LogP contribution in [0.2, 0.25) is 0 Å². The van der Waals surface area contributed by atoms with Crippen molar-refractivity contribution in [3.05, 3.63) is 70.5 Å². The summed E-state index contributed by atoms with van der Waals surface area (Å²) >= 11 is 0. The summed E-state index contributed by atoms with van der Waals surface area (Å²) in [5.74, 6) is 1.47. The van der Waals surface area contributed by atoms with Crippen molar-refractivity contribution in [2.75, 3.05) is 13.7 Å². The summed E-state index contributed by atoms with van der Waals surface area (Å²) in [6, 6.07) is 7.24. The molecule has 1 aliphatic rings. The molecule has 1 atom stereocenters. The SMILES string of the molecule is COc1ccccc1CNC(=O)c1cnc(C2CCCN2C(=O)c2oc(C)nc2C)nc1C. The number of hydrogen-bond donors (Lipinski definition) is 1. The van der Waals surface area contributed by atoms with Gasteiger partial charge in [-0.1, -0.05) is 18.2 Å². The van der Waals surface area contributed by atoms with E-state index in [-0.39, 0.29) is 23.6 Å². The Bertz CT molecular complexity index is 1190. The Balaban J connectivity index is 1.49. The fourth-order valence-corrected chi connectivity index (χ4v) is 4.13. The number of rotatable bonds is 6. The van der Waals surface area contributed by atoms with Gasteiger partial charge in [0, 0.05) is 31.8 Å². The highest BCUT2D eigenvalue weighted by Gasteiger charge is 2.35. The molecule has 1 fully saturated rings. The van der Waals surface area contributed by atoms with E-state index in [9.17, 15) is 9.59 Å². The topological polar surface area (TPSA) is 110 Å². The number of aryl methyl sites for hydroxylation is 3. The molecule has 2 amide bonds. The van der Waals surface area contributed by atoms with E-state index in [2.05, 4.69) is 20.3 Å². The van der Waals surface area contributed by atoms with Crippen LogP contribution < -0.4 is 10.1 Å². The van der Waals surface area contributed by atoms with Crippen molar-refractivity contribution in [1.29, 1.82) is 0 Å². The number of likely N-dealkylation sites (tertiary alicyclic amines) is 1. The molecule has 9 nitrogen and oxygen atoms in total. The lowest BCUT2D eigenvalue weighted by Crippen LogP contribution is -2.32. The molecule has 1 saturated heterocycles. The van der Waals surface area contributed by atoms with Gasteiger partial charge in [0.1, 0.15) is 5.75 Å². The third kappa shape index (κ3) is 4.57. The summed E-state index contributed by atoms with van der Waals surface area (Å²) in [7, 11) is 1.60. The van der Waals surface area contributed by atoms with Crippen molar-refractivity contribution in [3.8, 4) is 5.75 Å². The first kappa shape index (κ1) is 22.4. The molecule has 1 aromatic carbocycles. The smallest absolute Gasteiger partial charge is 0.292 e. The molecule has 0 spiro atoms. The molecule has 4 rings (SSSR count). The third-order valence-electron chi connectivity index (χ3n) is 5.78. The average molecular weight is 450 g/mol. The standard InChI is InChI=1S/C24H27N5O4/c1-14-18(23(30)26-12-17-8-5-6-10-20(17)32-4)13-25-22(28-14)19-9-7-11-29(19)24(31)21-15(2)27-16(3)33-21/h5-6,8,10,13,19H,7,9,11-12H2,1-4H3,(H,26,30). The number of methoxy groups -OCH3 is 1. The van der Waals surface area contributed by atoms with Crippen LogP contribution in [-0.4, -0.2) is 45.3 Å². The number of carbonyl (C=O) groups is 2. The summed E-state index contributed by atoms with van der Waals surface area (Å²) in [6.45, 7) is 6.16. The molecule has 3 heterocycles. The van der Waals surface area contributed by atoms with Crippen LogP contribution in [0.5, 0.6) is 5.75 Å². The number of nitrogens with one attached hydrogen (secondary N) is 1. The summed E-state index contributed by atoms with van der Waals surface area (Å²) in [5.41, 5.74) is 2.40. The van der Waals surface area contributed by atoms with E-state index in [1.165, 1.54) is 6.20 Å². The number of benzene rings is 1. The van der Waals surface area contributed by atoms with Crippen molar-refractivity contribution in [1.82, 2.24) is 25.2 Å². The summed E-state index contributed by atoms with van der Waals surface area (Å²) in [6.07, 6.45) is 3.11. The van der Waals surface area contributed by atoms with Gasteiger partial charge in [0.05, 0.1) is 30.1 Å². The van der Waals surface area contributed by atoms with Gasteiger partial charge in [-0.3, -0.25) is 9.59 Å². The molecular weight excluding hydrogens is 422 g/mol. The number of ether oxygens (including phenoxy) is 1. The summed E-state index contributed by atoms with van der Waals surface area (Å²) in [4.78, 5) is 40.8. The van der Waals surface area contributed by atoms with E-state index in [4.69, 9.17) is 9.15 Å². The van der Waals surface area contributed by atoms with Gasteiger partial charge in [-0.2, -0.15) is 0 Å². The van der Waals surface area contributed by atoms with Gasteiger partial charge in [0.25, 0.3) is 11.8 Å². The minimum atomic E-state index is -0.272. The zero-order chi connectivity index (χ0) is 23.5. The van der Waals surface area contributed by atoms with E-state index in [1.807, 2.05) is 24.3 Å². The second-order valence-electron chi connectivity index (χ2n) is 8.03. The lowest BCUT2D eigenvalue weighted by atomic mass is 10.1. The van der Waals surface area contributed by atoms with E-state index >= 15 is 0 Å². The number of amides is 2. The molecule has 33 heavy (non-hydrogen) atoms. The normalized spacial score (nSPS) is 15.5. The molecule has 0 saturated carbocycles. The van der Waals surface area contributed by atoms with E-state index < -0.39 is 0 Å². The molecule has 1 N–H and O–H groups in total. The molecule has 0 aliphatic carbocycles. The maximum atomic E-state index is 13.1. The fraction of sp³-hybridized carbons (Fsp3) is 0.375. The molecule has 0 radical (unpaired) electrons. The molecule has 9 heteroatoms. The maximum absolute atomic E-state index is 13.1. The van der Waals surface area contributed by atoms with Crippen LogP contribution in [0.1, 0.15) is 68.5 Å². The van der Waals surface area contributed by atoms with Crippen LogP contribution in [0.15, 0.2) is 34.9 Å². The van der Waals surface area contributed by atoms with E-state index in [1.54, 1.807) is 32.8 Å². The maximum Gasteiger partial charge on any atom is 0.292 e. The van der Waals surface area contributed by atoms with Crippen LogP contribution in [-0.2, 0) is 6.54 Å². The third-order valence-corrected chi connectivity index (χ3v) is 5.78. The largest absolute Gasteiger partial charge is 0.496 e. The second-order valence-corrected chi connectivity index (χ2v) is 8.03. The van der Waals surface area contributed by atoms with Gasteiger partial charge in [0.15, 0.2) is 11.7 Å². The first-order chi connectivity index (χ1) is 15.9. The Hall–Kier alpha value is -3.75. The number of para-hydroxylation sites is 1. The first-order valence-electron chi connectivity index (χ1n) is 10.9. The van der Waals surface area contributed by atoms with Crippen molar-refractivity contribution >= 4 is 11.8 Å². The number of carbonyl (C=O) groups excluding carboxylic acids is 2. The second kappa shape index (κ2) is 9.40. The molecule has 172 valence electrons. The predicted molar refractivity (Wildman–Crippen MR) is 120 cm³/mol. The van der Waals surface area contributed by atoms with Crippen LogP contribution >= 0.6 is 0 Å². The highest BCUT2D eigenvalue weighted by Crippen LogP contribution is 2.32. The number of aromatic nitrogens is 3. The molecular formula is C24H27N5O4. The zero-order valence-electron chi connectivity index (χ0n) is 19.2. The van der Waals surface area contributed by atoms with Gasteiger partial charge < -0.3 is 19.4 Å². The Morgan fingerprint density at radius 1 is 1.18 bits per heavy atom. The minimum Gasteiger partial charge on any atom is -0.496 e. The van der Waals surface area contributed by atoms with Crippen molar-refractivity contribution in [2.24, 2.45) is 0 Å². The van der Waals surface area contributed by atoms with Crippen LogP contribution in [0, 0.1) is 20.8 Å². The number of oxazole rings is 1. The highest BCUT2D eigenvalue weighted by atomic mass is 16.5.